The molecule has 0 aliphatic rings. The van der Waals surface area contributed by atoms with Crippen LogP contribution in [0.15, 0.2) is 65.5 Å². The van der Waals surface area contributed by atoms with Gasteiger partial charge in [-0.05, 0) is 12.1 Å². The number of aryl methyl sites for hydroxylation is 1. The van der Waals surface area contributed by atoms with Gasteiger partial charge in [-0.25, -0.2) is 5.10 Å². The van der Waals surface area contributed by atoms with E-state index in [1.54, 1.807) is 29.9 Å². The van der Waals surface area contributed by atoms with Crippen LogP contribution >= 0.6 is 0 Å². The van der Waals surface area contributed by atoms with Gasteiger partial charge in [0.15, 0.2) is 0 Å². The number of nitrogens with one attached hydrogen (secondary N) is 2. The summed E-state index contributed by atoms with van der Waals surface area (Å²) in [6.45, 7) is 0.196. The summed E-state index contributed by atoms with van der Waals surface area (Å²) in [5.74, 6) is -0.260. The third-order valence-electron chi connectivity index (χ3n) is 4.37. The molecule has 0 aliphatic heterocycles. The highest BCUT2D eigenvalue weighted by Gasteiger charge is 2.15. The number of amides is 1. The van der Waals surface area contributed by atoms with Gasteiger partial charge in [-0.3, -0.25) is 14.3 Å². The lowest BCUT2D eigenvalue weighted by molar-refractivity contribution is 0.0941. The van der Waals surface area contributed by atoms with Gasteiger partial charge in [0.25, 0.3) is 11.5 Å². The van der Waals surface area contributed by atoms with Gasteiger partial charge in [-0.1, -0.05) is 48.5 Å². The van der Waals surface area contributed by atoms with Gasteiger partial charge < -0.3 is 5.32 Å². The molecule has 0 aliphatic carbocycles. The number of rotatable bonds is 4. The van der Waals surface area contributed by atoms with E-state index in [-0.39, 0.29) is 18.0 Å². The number of aromatic nitrogens is 4. The Morgan fingerprint density at radius 2 is 1.78 bits per heavy atom. The van der Waals surface area contributed by atoms with Crippen LogP contribution in [0.3, 0.4) is 0 Å². The number of hydrogen-bond donors (Lipinski definition) is 2. The van der Waals surface area contributed by atoms with Crippen molar-refractivity contribution in [3.8, 4) is 11.3 Å². The average molecular weight is 359 g/mol. The van der Waals surface area contributed by atoms with Crippen LogP contribution in [0.25, 0.3) is 22.0 Å². The number of carbonyl (C=O) groups is 1. The van der Waals surface area contributed by atoms with Crippen molar-refractivity contribution in [1.82, 2.24) is 25.3 Å². The number of carbonyl (C=O) groups excluding carboxylic acids is 1. The maximum Gasteiger partial charge on any atom is 0.272 e. The molecule has 2 heterocycles. The van der Waals surface area contributed by atoms with Crippen LogP contribution < -0.4 is 10.9 Å². The van der Waals surface area contributed by atoms with E-state index >= 15 is 0 Å². The maximum atomic E-state index is 12.6. The van der Waals surface area contributed by atoms with Crippen molar-refractivity contribution in [3.63, 3.8) is 0 Å². The molecule has 2 aromatic carbocycles. The quantitative estimate of drug-likeness (QED) is 0.584. The van der Waals surface area contributed by atoms with E-state index < -0.39 is 0 Å². The topological polar surface area (TPSA) is 92.7 Å². The summed E-state index contributed by atoms with van der Waals surface area (Å²) in [6, 6.07) is 18.6. The highest BCUT2D eigenvalue weighted by molar-refractivity contribution is 5.94. The largest absolute Gasteiger partial charge is 0.345 e. The SMILES string of the molecule is Cn1nc(-c2ccccc2)cc1C(=O)NCc1n[nH]c(=O)c2ccccc12. The second-order valence-electron chi connectivity index (χ2n) is 6.13. The summed E-state index contributed by atoms with van der Waals surface area (Å²) in [7, 11) is 1.73. The zero-order valence-electron chi connectivity index (χ0n) is 14.6. The number of hydrogen-bond acceptors (Lipinski definition) is 4. The Morgan fingerprint density at radius 3 is 2.56 bits per heavy atom. The third kappa shape index (κ3) is 3.22. The molecule has 2 aromatic heterocycles. The van der Waals surface area contributed by atoms with E-state index in [1.165, 1.54) is 0 Å². The molecule has 7 nitrogen and oxygen atoms in total. The van der Waals surface area contributed by atoms with Crippen molar-refractivity contribution >= 4 is 16.7 Å². The summed E-state index contributed by atoms with van der Waals surface area (Å²) < 4.78 is 1.55. The number of benzene rings is 2. The molecule has 4 rings (SSSR count). The normalized spacial score (nSPS) is 10.9. The zero-order valence-corrected chi connectivity index (χ0v) is 14.6. The number of H-pyrrole nitrogens is 1. The zero-order chi connectivity index (χ0) is 18.8. The van der Waals surface area contributed by atoms with Crippen LogP contribution in [0.4, 0.5) is 0 Å². The monoisotopic (exact) mass is 359 g/mol. The van der Waals surface area contributed by atoms with Crippen molar-refractivity contribution in [2.24, 2.45) is 7.05 Å². The smallest absolute Gasteiger partial charge is 0.272 e. The van der Waals surface area contributed by atoms with Gasteiger partial charge >= 0.3 is 0 Å². The summed E-state index contributed by atoms with van der Waals surface area (Å²) in [4.78, 5) is 24.5. The van der Waals surface area contributed by atoms with Crippen LogP contribution in [0, 0.1) is 0 Å². The Labute approximate surface area is 154 Å². The highest BCUT2D eigenvalue weighted by Crippen LogP contribution is 2.18. The first kappa shape index (κ1) is 16.7. The minimum atomic E-state index is -0.260. The van der Waals surface area contributed by atoms with Crippen molar-refractivity contribution in [3.05, 3.63) is 82.4 Å². The van der Waals surface area contributed by atoms with E-state index in [2.05, 4.69) is 20.6 Å². The highest BCUT2D eigenvalue weighted by atomic mass is 16.2. The molecule has 27 heavy (non-hydrogen) atoms. The maximum absolute atomic E-state index is 12.6. The fourth-order valence-electron chi connectivity index (χ4n) is 2.99. The van der Waals surface area contributed by atoms with E-state index in [0.29, 0.717) is 16.8 Å². The van der Waals surface area contributed by atoms with Gasteiger partial charge in [-0.2, -0.15) is 10.2 Å². The Balaban J connectivity index is 1.57. The van der Waals surface area contributed by atoms with Gasteiger partial charge in [-0.15, -0.1) is 0 Å². The van der Waals surface area contributed by atoms with Gasteiger partial charge in [0, 0.05) is 18.0 Å². The molecule has 0 fully saturated rings. The molecule has 0 saturated heterocycles. The molecule has 2 N–H and O–H groups in total. The van der Waals surface area contributed by atoms with Crippen molar-refractivity contribution in [1.29, 1.82) is 0 Å². The van der Waals surface area contributed by atoms with Gasteiger partial charge in [0.05, 0.1) is 23.3 Å². The lowest BCUT2D eigenvalue weighted by atomic mass is 10.1. The molecule has 7 heteroatoms. The molecule has 4 aromatic rings. The Bertz CT molecular complexity index is 1180. The number of fused-ring (bicyclic) bond motifs is 1. The summed E-state index contributed by atoms with van der Waals surface area (Å²) >= 11 is 0. The molecule has 0 bridgehead atoms. The van der Waals surface area contributed by atoms with Crippen LogP contribution in [-0.4, -0.2) is 25.9 Å². The Kier molecular flexibility index (Phi) is 4.25. The molecular weight excluding hydrogens is 342 g/mol. The second-order valence-corrected chi connectivity index (χ2v) is 6.13. The molecule has 0 saturated carbocycles. The molecule has 0 atom stereocenters. The summed E-state index contributed by atoms with van der Waals surface area (Å²) in [6.07, 6.45) is 0. The average Bonchev–Trinajstić information content (AvgIpc) is 3.10. The van der Waals surface area contributed by atoms with Crippen LogP contribution in [0.1, 0.15) is 16.2 Å². The summed E-state index contributed by atoms with van der Waals surface area (Å²) in [5.41, 5.74) is 2.47. The predicted molar refractivity (Wildman–Crippen MR) is 102 cm³/mol. The van der Waals surface area contributed by atoms with Crippen molar-refractivity contribution < 1.29 is 4.79 Å². The lowest BCUT2D eigenvalue weighted by Gasteiger charge is -2.07. The Hall–Kier alpha value is -3.74. The molecule has 134 valence electrons. The number of aromatic amines is 1. The van der Waals surface area contributed by atoms with Crippen LogP contribution in [-0.2, 0) is 13.6 Å². The van der Waals surface area contributed by atoms with E-state index in [0.717, 1.165) is 16.6 Å². The minimum Gasteiger partial charge on any atom is -0.345 e. The van der Waals surface area contributed by atoms with Crippen molar-refractivity contribution in [2.75, 3.05) is 0 Å². The number of nitrogens with zero attached hydrogens (tertiary/aromatic N) is 3. The molecule has 0 unspecified atom stereocenters. The van der Waals surface area contributed by atoms with Crippen LogP contribution in [0.2, 0.25) is 0 Å². The third-order valence-corrected chi connectivity index (χ3v) is 4.37. The Morgan fingerprint density at radius 1 is 1.07 bits per heavy atom. The van der Waals surface area contributed by atoms with E-state index in [1.807, 2.05) is 42.5 Å². The predicted octanol–water partition coefficient (Wildman–Crippen LogP) is 2.25. The van der Waals surface area contributed by atoms with E-state index in [9.17, 15) is 9.59 Å². The summed E-state index contributed by atoms with van der Waals surface area (Å²) in [5, 5.41) is 15.1. The lowest BCUT2D eigenvalue weighted by Crippen LogP contribution is -2.26. The first-order valence-electron chi connectivity index (χ1n) is 8.47. The first-order valence-corrected chi connectivity index (χ1v) is 8.47. The van der Waals surface area contributed by atoms with Gasteiger partial charge in [0.2, 0.25) is 0 Å². The van der Waals surface area contributed by atoms with Crippen molar-refractivity contribution in [2.45, 2.75) is 6.54 Å². The fraction of sp³-hybridized carbons (Fsp3) is 0.100. The molecular formula is C20H17N5O2. The second kappa shape index (κ2) is 6.87. The minimum absolute atomic E-state index is 0.196. The van der Waals surface area contributed by atoms with Gasteiger partial charge in [0.1, 0.15) is 5.69 Å². The standard InChI is InChI=1S/C20H17N5O2/c1-25-18(11-16(24-25)13-7-3-2-4-8-13)20(27)21-12-17-14-9-5-6-10-15(14)19(26)23-22-17/h2-11H,12H2,1H3,(H,21,27)(H,23,26). The van der Waals surface area contributed by atoms with E-state index in [4.69, 9.17) is 0 Å². The molecule has 0 spiro atoms. The molecule has 0 radical (unpaired) electrons. The van der Waals surface area contributed by atoms with Crippen LogP contribution in [0.5, 0.6) is 0 Å². The molecule has 1 amide bonds. The first-order chi connectivity index (χ1) is 13.1. The fourth-order valence-corrected chi connectivity index (χ4v) is 2.99.